The molecule has 1 aromatic heterocycles. The molecule has 0 aliphatic carbocycles. The number of halogens is 3. The van der Waals surface area contributed by atoms with Gasteiger partial charge in [-0.05, 0) is 49.7 Å². The molecule has 146 valence electrons. The summed E-state index contributed by atoms with van der Waals surface area (Å²) in [5.41, 5.74) is 1.10. The molecule has 0 amide bonds. The first-order chi connectivity index (χ1) is 13.3. The van der Waals surface area contributed by atoms with Crippen LogP contribution >= 0.6 is 23.2 Å². The largest absolute Gasteiger partial charge is 0.505 e. The lowest BCUT2D eigenvalue weighted by atomic mass is 10.1. The minimum atomic E-state index is -0.902. The highest BCUT2D eigenvalue weighted by Crippen LogP contribution is 2.34. The van der Waals surface area contributed by atoms with Crippen molar-refractivity contribution in [1.82, 2.24) is 4.57 Å². The smallest absolute Gasteiger partial charge is 0.310 e. The molecule has 0 spiro atoms. The van der Waals surface area contributed by atoms with Crippen LogP contribution in [0.1, 0.15) is 28.5 Å². The van der Waals surface area contributed by atoms with Gasteiger partial charge in [0.1, 0.15) is 0 Å². The van der Waals surface area contributed by atoms with Crippen molar-refractivity contribution in [1.29, 1.82) is 0 Å². The van der Waals surface area contributed by atoms with E-state index in [1.165, 1.54) is 28.8 Å². The predicted molar refractivity (Wildman–Crippen MR) is 105 cm³/mol. The van der Waals surface area contributed by atoms with Crippen molar-refractivity contribution < 1.29 is 23.8 Å². The van der Waals surface area contributed by atoms with Gasteiger partial charge in [-0.15, -0.1) is 0 Å². The first kappa shape index (κ1) is 20.2. The van der Waals surface area contributed by atoms with Gasteiger partial charge in [-0.1, -0.05) is 23.2 Å². The minimum Gasteiger partial charge on any atom is -0.505 e. The molecule has 0 bridgehead atoms. The average Bonchev–Trinajstić information content (AvgIpc) is 2.92. The Bertz CT molecular complexity index is 1110. The van der Waals surface area contributed by atoms with Crippen molar-refractivity contribution in [2.75, 3.05) is 6.61 Å². The summed E-state index contributed by atoms with van der Waals surface area (Å²) in [5, 5.41) is 10.3. The molecule has 8 heteroatoms. The molecule has 0 saturated carbocycles. The third kappa shape index (κ3) is 3.45. The Morgan fingerprint density at radius 2 is 1.89 bits per heavy atom. The summed E-state index contributed by atoms with van der Waals surface area (Å²) in [4.78, 5) is 25.1. The summed E-state index contributed by atoms with van der Waals surface area (Å²) in [6.45, 7) is 3.43. The van der Waals surface area contributed by atoms with Gasteiger partial charge in [0.05, 0.1) is 28.6 Å². The van der Waals surface area contributed by atoms with Gasteiger partial charge in [0.25, 0.3) is 5.91 Å². The minimum absolute atomic E-state index is 0.000960. The Hall–Kier alpha value is -2.57. The van der Waals surface area contributed by atoms with Gasteiger partial charge in [0.2, 0.25) is 0 Å². The van der Waals surface area contributed by atoms with Gasteiger partial charge in [-0.2, -0.15) is 0 Å². The summed E-state index contributed by atoms with van der Waals surface area (Å²) in [7, 11) is 0. The maximum atomic E-state index is 14.7. The Kier molecular flexibility index (Phi) is 5.63. The second kappa shape index (κ2) is 7.81. The predicted octanol–water partition coefficient (Wildman–Crippen LogP) is 4.90. The molecule has 3 rings (SSSR count). The Morgan fingerprint density at radius 3 is 2.54 bits per heavy atom. The Balaban J connectivity index is 2.24. The van der Waals surface area contributed by atoms with Gasteiger partial charge in [-0.3, -0.25) is 14.2 Å². The van der Waals surface area contributed by atoms with E-state index < -0.39 is 23.4 Å². The van der Waals surface area contributed by atoms with Crippen molar-refractivity contribution in [3.05, 3.63) is 63.0 Å². The number of hydrogen-bond donors (Lipinski definition) is 1. The quantitative estimate of drug-likeness (QED) is 0.606. The van der Waals surface area contributed by atoms with Gasteiger partial charge in [-0.25, -0.2) is 4.39 Å². The molecule has 0 saturated heterocycles. The molecule has 0 radical (unpaired) electrons. The van der Waals surface area contributed by atoms with E-state index in [2.05, 4.69) is 0 Å². The number of aromatic nitrogens is 1. The van der Waals surface area contributed by atoms with Crippen LogP contribution in [0.3, 0.4) is 0 Å². The summed E-state index contributed by atoms with van der Waals surface area (Å²) < 4.78 is 20.9. The highest BCUT2D eigenvalue weighted by molar-refractivity contribution is 6.42. The number of aromatic hydroxyl groups is 1. The molecule has 0 aliphatic rings. The maximum Gasteiger partial charge on any atom is 0.310 e. The zero-order chi connectivity index (χ0) is 20.6. The fourth-order valence-corrected chi connectivity index (χ4v) is 3.42. The molecule has 5 nitrogen and oxygen atoms in total. The van der Waals surface area contributed by atoms with Crippen LogP contribution in [0.5, 0.6) is 5.75 Å². The van der Waals surface area contributed by atoms with Crippen LogP contribution in [-0.4, -0.2) is 28.2 Å². The van der Waals surface area contributed by atoms with Crippen LogP contribution in [0.4, 0.5) is 4.39 Å². The third-order valence-electron chi connectivity index (χ3n) is 4.41. The van der Waals surface area contributed by atoms with Crippen LogP contribution in [0, 0.1) is 12.7 Å². The number of ether oxygens (including phenoxy) is 1. The number of carbonyl (C=O) groups is 2. The second-order valence-corrected chi connectivity index (χ2v) is 6.92. The fourth-order valence-electron chi connectivity index (χ4n) is 3.12. The number of rotatable bonds is 4. The molecule has 0 aliphatic heterocycles. The topological polar surface area (TPSA) is 68.5 Å². The maximum absolute atomic E-state index is 14.7. The number of nitrogens with zero attached hydrogens (tertiary/aromatic N) is 1. The lowest BCUT2D eigenvalue weighted by molar-refractivity contribution is -0.142. The highest BCUT2D eigenvalue weighted by Gasteiger charge is 2.25. The van der Waals surface area contributed by atoms with Crippen LogP contribution < -0.4 is 0 Å². The van der Waals surface area contributed by atoms with Crippen molar-refractivity contribution in [2.24, 2.45) is 0 Å². The number of hydrogen-bond acceptors (Lipinski definition) is 4. The van der Waals surface area contributed by atoms with E-state index in [0.717, 1.165) is 6.07 Å². The molecule has 28 heavy (non-hydrogen) atoms. The van der Waals surface area contributed by atoms with Crippen molar-refractivity contribution in [2.45, 2.75) is 20.3 Å². The summed E-state index contributed by atoms with van der Waals surface area (Å²) in [6, 6.07) is 6.99. The number of carbonyl (C=O) groups excluding carboxylic acids is 2. The Morgan fingerprint density at radius 1 is 1.18 bits per heavy atom. The zero-order valence-corrected chi connectivity index (χ0v) is 16.6. The lowest BCUT2D eigenvalue weighted by Crippen LogP contribution is -2.14. The molecule has 2 aromatic carbocycles. The van der Waals surface area contributed by atoms with E-state index in [1.807, 2.05) is 0 Å². The first-order valence-electron chi connectivity index (χ1n) is 8.43. The Labute approximate surface area is 170 Å². The van der Waals surface area contributed by atoms with Crippen LogP contribution in [-0.2, 0) is 16.0 Å². The molecular formula is C20H16Cl2FNO4. The van der Waals surface area contributed by atoms with E-state index >= 15 is 0 Å². The summed E-state index contributed by atoms with van der Waals surface area (Å²) in [5.74, 6) is -2.51. The fraction of sp³-hybridized carbons (Fsp3) is 0.200. The summed E-state index contributed by atoms with van der Waals surface area (Å²) >= 11 is 11.9. The average molecular weight is 424 g/mol. The molecule has 1 N–H and O–H groups in total. The van der Waals surface area contributed by atoms with Crippen LogP contribution in [0.25, 0.3) is 10.9 Å². The van der Waals surface area contributed by atoms with Crippen LogP contribution in [0.15, 0.2) is 30.3 Å². The SMILES string of the molecule is CCOC(=O)Cc1c(C)n(C(=O)c2ccc(Cl)c(Cl)c2)c2ccc(O)c(F)c12. The number of phenolic OH excluding ortho intramolecular Hbond substituents is 1. The molecule has 0 atom stereocenters. The van der Waals surface area contributed by atoms with E-state index in [1.54, 1.807) is 13.8 Å². The number of esters is 1. The molecule has 3 aromatic rings. The normalized spacial score (nSPS) is 11.0. The third-order valence-corrected chi connectivity index (χ3v) is 5.15. The monoisotopic (exact) mass is 423 g/mol. The number of phenols is 1. The lowest BCUT2D eigenvalue weighted by Gasteiger charge is -2.09. The molecule has 1 heterocycles. The van der Waals surface area contributed by atoms with E-state index in [9.17, 15) is 19.1 Å². The summed E-state index contributed by atoms with van der Waals surface area (Å²) in [6.07, 6.45) is -0.238. The standard InChI is InChI=1S/C20H16Cl2FNO4/c1-3-28-17(26)9-12-10(2)24(15-6-7-16(25)19(23)18(12)15)20(27)11-4-5-13(21)14(22)8-11/h4-8,25H,3,9H2,1-2H3. The van der Waals surface area contributed by atoms with E-state index in [4.69, 9.17) is 27.9 Å². The van der Waals surface area contributed by atoms with Gasteiger partial charge >= 0.3 is 5.97 Å². The van der Waals surface area contributed by atoms with E-state index in [0.29, 0.717) is 10.7 Å². The van der Waals surface area contributed by atoms with Crippen LogP contribution in [0.2, 0.25) is 10.0 Å². The zero-order valence-electron chi connectivity index (χ0n) is 15.1. The molecular weight excluding hydrogens is 408 g/mol. The second-order valence-electron chi connectivity index (χ2n) is 6.11. The van der Waals surface area contributed by atoms with Crippen molar-refractivity contribution >= 4 is 46.0 Å². The number of benzene rings is 2. The van der Waals surface area contributed by atoms with E-state index in [-0.39, 0.29) is 40.1 Å². The van der Waals surface area contributed by atoms with Gasteiger partial charge < -0.3 is 9.84 Å². The van der Waals surface area contributed by atoms with Gasteiger partial charge in [0.15, 0.2) is 11.6 Å². The van der Waals surface area contributed by atoms with Gasteiger partial charge in [0, 0.05) is 16.6 Å². The first-order valence-corrected chi connectivity index (χ1v) is 9.18. The van der Waals surface area contributed by atoms with Crippen molar-refractivity contribution in [3.8, 4) is 5.75 Å². The highest BCUT2D eigenvalue weighted by atomic mass is 35.5. The molecule has 0 unspecified atom stereocenters. The van der Waals surface area contributed by atoms with Crippen molar-refractivity contribution in [3.63, 3.8) is 0 Å². The number of fused-ring (bicyclic) bond motifs is 1. The molecule has 0 fully saturated rings.